The summed E-state index contributed by atoms with van der Waals surface area (Å²) in [6, 6.07) is 4.14. The molecule has 2 N–H and O–H groups in total. The predicted octanol–water partition coefficient (Wildman–Crippen LogP) is 3.57. The highest BCUT2D eigenvalue weighted by molar-refractivity contribution is 5.96. The van der Waals surface area contributed by atoms with Crippen LogP contribution in [0.25, 0.3) is 0 Å². The molecule has 41 heavy (non-hydrogen) atoms. The molecule has 0 atom stereocenters. The van der Waals surface area contributed by atoms with E-state index in [-0.39, 0.29) is 11.3 Å². The van der Waals surface area contributed by atoms with E-state index >= 15 is 0 Å². The number of likely N-dealkylation sites (N-methyl/N-ethyl adjacent to an activating group) is 1. The van der Waals surface area contributed by atoms with E-state index in [4.69, 9.17) is 24.9 Å². The summed E-state index contributed by atoms with van der Waals surface area (Å²) in [5.41, 5.74) is 3.18. The lowest BCUT2D eigenvalue weighted by molar-refractivity contribution is -0.193. The van der Waals surface area contributed by atoms with Crippen LogP contribution in [0.1, 0.15) is 47.3 Å². The summed E-state index contributed by atoms with van der Waals surface area (Å²) in [6.45, 7) is 4.77. The molecule has 1 spiro atoms. The lowest BCUT2D eigenvalue weighted by atomic mass is 9.72. The number of hydrogen-bond acceptors (Lipinski definition) is 6. The minimum atomic E-state index is -5.08. The minimum absolute atomic E-state index is 0.0121. The molecule has 1 saturated carbocycles. The molecule has 0 radical (unpaired) electrons. The van der Waals surface area contributed by atoms with Crippen molar-refractivity contribution in [3.8, 4) is 0 Å². The zero-order valence-electron chi connectivity index (χ0n) is 22.0. The second-order valence-electron chi connectivity index (χ2n) is 10.2. The normalized spacial score (nSPS) is 18.5. The summed E-state index contributed by atoms with van der Waals surface area (Å²) >= 11 is 0. The van der Waals surface area contributed by atoms with Crippen LogP contribution in [-0.2, 0) is 28.1 Å². The van der Waals surface area contributed by atoms with Gasteiger partial charge in [0.1, 0.15) is 0 Å². The van der Waals surface area contributed by atoms with Gasteiger partial charge in [-0.3, -0.25) is 19.4 Å². The average molecular weight is 594 g/mol. The molecule has 5 rings (SSSR count). The highest BCUT2D eigenvalue weighted by atomic mass is 19.4. The first-order valence-electron chi connectivity index (χ1n) is 12.6. The Bertz CT molecular complexity index is 1200. The second-order valence-corrected chi connectivity index (χ2v) is 10.2. The SMILES string of the molecule is CN1CC2(CCN(Cc3cccnc3)CC2)c2nn(CC3CC3)cc2C1=O.O=C(O)C(F)(F)F.O=C(O)C(F)(F)F. The van der Waals surface area contributed by atoms with Crippen LogP contribution in [0.15, 0.2) is 30.7 Å². The summed E-state index contributed by atoms with van der Waals surface area (Å²) in [6.07, 6.45) is 0.323. The van der Waals surface area contributed by atoms with E-state index in [1.165, 1.54) is 18.4 Å². The van der Waals surface area contributed by atoms with Gasteiger partial charge in [-0.1, -0.05) is 6.07 Å². The number of fused-ring (bicyclic) bond motifs is 2. The molecule has 2 aromatic rings. The number of carbonyl (C=O) groups is 3. The van der Waals surface area contributed by atoms with Crippen LogP contribution in [0.3, 0.4) is 0 Å². The Balaban J connectivity index is 0.000000276. The third-order valence-corrected chi connectivity index (χ3v) is 6.95. The number of aliphatic carboxylic acids is 2. The predicted molar refractivity (Wildman–Crippen MR) is 130 cm³/mol. The van der Waals surface area contributed by atoms with Crippen LogP contribution in [-0.4, -0.2) is 91.7 Å². The number of halogens is 6. The lowest BCUT2D eigenvalue weighted by Crippen LogP contribution is -2.53. The van der Waals surface area contributed by atoms with E-state index in [0.29, 0.717) is 0 Å². The molecular weight excluding hydrogens is 564 g/mol. The van der Waals surface area contributed by atoms with Crippen molar-refractivity contribution in [3.63, 3.8) is 0 Å². The van der Waals surface area contributed by atoms with Gasteiger partial charge in [-0.15, -0.1) is 0 Å². The Morgan fingerprint density at radius 3 is 2.07 bits per heavy atom. The number of nitrogens with zero attached hydrogens (tertiary/aromatic N) is 5. The van der Waals surface area contributed by atoms with Crippen molar-refractivity contribution in [1.82, 2.24) is 24.6 Å². The van der Waals surface area contributed by atoms with E-state index in [1.807, 2.05) is 41.3 Å². The van der Waals surface area contributed by atoms with E-state index in [1.54, 1.807) is 0 Å². The number of carboxylic acid groups (broad SMARTS) is 2. The molecule has 226 valence electrons. The largest absolute Gasteiger partial charge is 0.490 e. The van der Waals surface area contributed by atoms with Gasteiger partial charge in [0, 0.05) is 50.7 Å². The lowest BCUT2D eigenvalue weighted by Gasteiger charge is -2.45. The number of likely N-dealkylation sites (tertiary alicyclic amines) is 1. The molecule has 0 unspecified atom stereocenters. The van der Waals surface area contributed by atoms with Crippen molar-refractivity contribution in [2.45, 2.75) is 56.5 Å². The summed E-state index contributed by atoms with van der Waals surface area (Å²) in [5.74, 6) is -4.62. The molecule has 10 nitrogen and oxygen atoms in total. The topological polar surface area (TPSA) is 129 Å². The number of piperidine rings is 1. The molecule has 2 aromatic heterocycles. The van der Waals surface area contributed by atoms with Gasteiger partial charge in [0.15, 0.2) is 0 Å². The number of rotatable bonds is 4. The number of aromatic nitrogens is 3. The zero-order chi connectivity index (χ0) is 30.6. The molecule has 0 aromatic carbocycles. The Morgan fingerprint density at radius 1 is 1.05 bits per heavy atom. The van der Waals surface area contributed by atoms with Crippen LogP contribution < -0.4 is 0 Å². The van der Waals surface area contributed by atoms with Gasteiger partial charge in [0.25, 0.3) is 5.91 Å². The van der Waals surface area contributed by atoms with E-state index in [9.17, 15) is 31.1 Å². The molecule has 3 aliphatic rings. The van der Waals surface area contributed by atoms with Crippen LogP contribution in [0.5, 0.6) is 0 Å². The van der Waals surface area contributed by atoms with Crippen molar-refractivity contribution in [1.29, 1.82) is 0 Å². The average Bonchev–Trinajstić information content (AvgIpc) is 3.59. The van der Waals surface area contributed by atoms with E-state index < -0.39 is 24.3 Å². The van der Waals surface area contributed by atoms with Gasteiger partial charge >= 0.3 is 24.3 Å². The maximum atomic E-state index is 12.7. The first-order valence-corrected chi connectivity index (χ1v) is 12.6. The maximum Gasteiger partial charge on any atom is 0.490 e. The molecular formula is C25H29F6N5O5. The molecule has 1 saturated heterocycles. The number of carbonyl (C=O) groups excluding carboxylic acids is 1. The molecule has 0 bridgehead atoms. The number of hydrogen-bond donors (Lipinski definition) is 2. The Hall–Kier alpha value is -3.69. The van der Waals surface area contributed by atoms with E-state index in [2.05, 4.69) is 16.0 Å². The number of carboxylic acids is 2. The van der Waals surface area contributed by atoms with Gasteiger partial charge in [-0.2, -0.15) is 31.4 Å². The molecule has 2 fully saturated rings. The van der Waals surface area contributed by atoms with Gasteiger partial charge in [0.05, 0.1) is 11.3 Å². The van der Waals surface area contributed by atoms with Crippen LogP contribution in [0, 0.1) is 5.92 Å². The smallest absolute Gasteiger partial charge is 0.475 e. The number of amides is 1. The summed E-state index contributed by atoms with van der Waals surface area (Å²) in [5, 5.41) is 19.2. The third-order valence-electron chi connectivity index (χ3n) is 6.95. The fourth-order valence-electron chi connectivity index (χ4n) is 4.72. The van der Waals surface area contributed by atoms with Crippen molar-refractivity contribution in [3.05, 3.63) is 47.5 Å². The van der Waals surface area contributed by atoms with Gasteiger partial charge in [0.2, 0.25) is 0 Å². The summed E-state index contributed by atoms with van der Waals surface area (Å²) < 4.78 is 65.5. The first-order chi connectivity index (χ1) is 19.0. The molecule has 4 heterocycles. The maximum absolute atomic E-state index is 12.7. The van der Waals surface area contributed by atoms with E-state index in [0.717, 1.165) is 62.7 Å². The van der Waals surface area contributed by atoms with Crippen molar-refractivity contribution < 1.29 is 50.9 Å². The van der Waals surface area contributed by atoms with Crippen molar-refractivity contribution in [2.75, 3.05) is 26.7 Å². The van der Waals surface area contributed by atoms with Crippen molar-refractivity contribution >= 4 is 17.8 Å². The first kappa shape index (κ1) is 31.8. The molecule has 2 aliphatic heterocycles. The van der Waals surface area contributed by atoms with Crippen LogP contribution >= 0.6 is 0 Å². The highest BCUT2D eigenvalue weighted by Crippen LogP contribution is 2.41. The zero-order valence-corrected chi connectivity index (χ0v) is 22.0. The molecule has 1 aliphatic carbocycles. The van der Waals surface area contributed by atoms with Gasteiger partial charge in [-0.25, -0.2) is 9.59 Å². The molecule has 16 heteroatoms. The van der Waals surface area contributed by atoms with Crippen LogP contribution in [0.4, 0.5) is 26.3 Å². The third kappa shape index (κ3) is 8.65. The standard InChI is InChI=1S/C21H27N5O.2C2HF3O2/c1-24-15-21(6-9-25(10-7-21)12-17-3-2-8-22-11-17)19-18(20(24)27)14-26(23-19)13-16-4-5-16;2*3-2(4,5)1(6)7/h2-3,8,11,14,16H,4-7,9-10,12-13,15H2,1H3;2*(H,6,7). The van der Waals surface area contributed by atoms with Gasteiger partial charge < -0.3 is 15.1 Å². The Morgan fingerprint density at radius 2 is 1.61 bits per heavy atom. The monoisotopic (exact) mass is 593 g/mol. The number of alkyl halides is 6. The summed E-state index contributed by atoms with van der Waals surface area (Å²) in [7, 11) is 1.94. The molecule has 1 amide bonds. The number of pyridine rings is 1. The highest BCUT2D eigenvalue weighted by Gasteiger charge is 2.46. The Kier molecular flexibility index (Phi) is 9.66. The minimum Gasteiger partial charge on any atom is -0.475 e. The second kappa shape index (κ2) is 12.4. The summed E-state index contributed by atoms with van der Waals surface area (Å²) in [4.78, 5) is 39.1. The van der Waals surface area contributed by atoms with Gasteiger partial charge in [-0.05, 0) is 56.3 Å². The fraction of sp³-hybridized carbons (Fsp3) is 0.560. The Labute approximate surface area is 230 Å². The van der Waals surface area contributed by atoms with Crippen LogP contribution in [0.2, 0.25) is 0 Å². The van der Waals surface area contributed by atoms with Crippen molar-refractivity contribution in [2.24, 2.45) is 5.92 Å². The quantitative estimate of drug-likeness (QED) is 0.515. The fourth-order valence-corrected chi connectivity index (χ4v) is 4.72.